The molecular formula is C2H10BrPS. The van der Waals surface area contributed by atoms with E-state index >= 15 is 0 Å². The molecule has 0 bridgehead atoms. The first kappa shape index (κ1) is 16.3. The molecule has 0 spiro atoms. The van der Waals surface area contributed by atoms with Gasteiger partial charge in [-0.1, -0.05) is 6.92 Å². The summed E-state index contributed by atoms with van der Waals surface area (Å²) in [7, 11) is 2.58. The molecule has 3 heteroatoms. The molecular weight excluding hydrogens is 167 g/mol. The Bertz CT molecular complexity index is 9.61. The van der Waals surface area contributed by atoms with Crippen LogP contribution in [-0.2, 0) is 0 Å². The third-order valence-corrected chi connectivity index (χ3v) is 0. The van der Waals surface area contributed by atoms with Crippen molar-refractivity contribution in [2.24, 2.45) is 0 Å². The van der Waals surface area contributed by atoms with Crippen LogP contribution in [0, 0.1) is 0 Å². The summed E-state index contributed by atoms with van der Waals surface area (Å²) < 4.78 is 0. The van der Waals surface area contributed by atoms with Gasteiger partial charge < -0.3 is 0 Å². The van der Waals surface area contributed by atoms with Crippen molar-refractivity contribution in [2.75, 3.05) is 6.16 Å². The van der Waals surface area contributed by atoms with E-state index in [1.165, 1.54) is 6.16 Å². The van der Waals surface area contributed by atoms with Gasteiger partial charge in [0.05, 0.1) is 0 Å². The highest BCUT2D eigenvalue weighted by atomic mass is 79.9. The highest BCUT2D eigenvalue weighted by molar-refractivity contribution is 8.93. The Morgan fingerprint density at radius 1 is 1.60 bits per heavy atom. The Morgan fingerprint density at radius 3 is 1.60 bits per heavy atom. The van der Waals surface area contributed by atoms with Crippen molar-refractivity contribution >= 4 is 39.7 Å². The SMILES string of the molecule is Br.CCP.S. The minimum atomic E-state index is 0. The predicted molar refractivity (Wildman–Crippen MR) is 41.0 cm³/mol. The topological polar surface area (TPSA) is 0 Å². The molecule has 1 atom stereocenters. The van der Waals surface area contributed by atoms with E-state index < -0.39 is 0 Å². The molecule has 1 unspecified atom stereocenters. The molecule has 0 aliphatic heterocycles. The first-order valence-electron chi connectivity index (χ1n) is 1.12. The van der Waals surface area contributed by atoms with Gasteiger partial charge in [0.1, 0.15) is 0 Å². The third-order valence-electron chi connectivity index (χ3n) is 0. The summed E-state index contributed by atoms with van der Waals surface area (Å²) in [5.41, 5.74) is 0. The van der Waals surface area contributed by atoms with Crippen LogP contribution in [0.2, 0.25) is 0 Å². The Labute approximate surface area is 53.1 Å². The second-order valence-corrected chi connectivity index (χ2v) is 1.22. The molecule has 0 aromatic carbocycles. The molecule has 0 saturated carbocycles. The van der Waals surface area contributed by atoms with Gasteiger partial charge in [0.15, 0.2) is 0 Å². The fourth-order valence-electron chi connectivity index (χ4n) is 0. The molecule has 36 valence electrons. The molecule has 0 N–H and O–H groups in total. The minimum Gasteiger partial charge on any atom is -0.197 e. The number of rotatable bonds is 0. The second kappa shape index (κ2) is 18.7. The smallest absolute Gasteiger partial charge is 0.0410 e. The van der Waals surface area contributed by atoms with Gasteiger partial charge in [-0.15, -0.1) is 26.2 Å². The third kappa shape index (κ3) is 35.2. The van der Waals surface area contributed by atoms with Gasteiger partial charge in [-0.2, -0.15) is 13.5 Å². The summed E-state index contributed by atoms with van der Waals surface area (Å²) in [6, 6.07) is 0. The Hall–Kier alpha value is 1.26. The van der Waals surface area contributed by atoms with Crippen molar-refractivity contribution in [3.05, 3.63) is 0 Å². The lowest BCUT2D eigenvalue weighted by molar-refractivity contribution is 1.53. The van der Waals surface area contributed by atoms with E-state index in [1.54, 1.807) is 0 Å². The second-order valence-electron chi connectivity index (χ2n) is 0.408. The van der Waals surface area contributed by atoms with E-state index in [4.69, 9.17) is 0 Å². The maximum absolute atomic E-state index is 2.58. The molecule has 0 aromatic heterocycles. The van der Waals surface area contributed by atoms with E-state index in [-0.39, 0.29) is 30.5 Å². The number of halogens is 1. The minimum absolute atomic E-state index is 0. The maximum atomic E-state index is 2.58. The zero-order valence-electron chi connectivity index (χ0n) is 3.19. The van der Waals surface area contributed by atoms with Crippen LogP contribution >= 0.6 is 39.7 Å². The monoisotopic (exact) mass is 176 g/mol. The zero-order chi connectivity index (χ0) is 2.71. The van der Waals surface area contributed by atoms with Crippen molar-refractivity contribution < 1.29 is 0 Å². The summed E-state index contributed by atoms with van der Waals surface area (Å²) in [6.45, 7) is 2.09. The molecule has 0 nitrogen and oxygen atoms in total. The zero-order valence-corrected chi connectivity index (χ0v) is 7.06. The van der Waals surface area contributed by atoms with Crippen molar-refractivity contribution in [3.8, 4) is 0 Å². The van der Waals surface area contributed by atoms with Crippen LogP contribution in [0.3, 0.4) is 0 Å². The summed E-state index contributed by atoms with van der Waals surface area (Å²) in [4.78, 5) is 0. The Morgan fingerprint density at radius 2 is 1.60 bits per heavy atom. The van der Waals surface area contributed by atoms with Crippen LogP contribution in [0.25, 0.3) is 0 Å². The van der Waals surface area contributed by atoms with E-state index in [9.17, 15) is 0 Å². The lowest BCUT2D eigenvalue weighted by atomic mass is 11.0. The van der Waals surface area contributed by atoms with Gasteiger partial charge in [-0.05, 0) is 6.16 Å². The predicted octanol–water partition coefficient (Wildman–Crippen LogP) is 1.57. The quantitative estimate of drug-likeness (QED) is 0.492. The van der Waals surface area contributed by atoms with Gasteiger partial charge in [0.25, 0.3) is 0 Å². The van der Waals surface area contributed by atoms with Crippen molar-refractivity contribution in [1.82, 2.24) is 0 Å². The maximum Gasteiger partial charge on any atom is -0.0410 e. The van der Waals surface area contributed by atoms with Crippen LogP contribution in [0.15, 0.2) is 0 Å². The summed E-state index contributed by atoms with van der Waals surface area (Å²) in [6.07, 6.45) is 1.17. The highest BCUT2D eigenvalue weighted by Gasteiger charge is 1.35. The average molecular weight is 177 g/mol. The average Bonchev–Trinajstić information content (AvgIpc) is 0.918. The fraction of sp³-hybridized carbons (Fsp3) is 1.00. The van der Waals surface area contributed by atoms with Crippen LogP contribution in [0.4, 0.5) is 0 Å². The van der Waals surface area contributed by atoms with Gasteiger partial charge >= 0.3 is 0 Å². The normalized spacial score (nSPS) is 3.60. The van der Waals surface area contributed by atoms with E-state index in [0.29, 0.717) is 0 Å². The molecule has 0 saturated heterocycles. The first-order valence-corrected chi connectivity index (χ1v) is 1.93. The van der Waals surface area contributed by atoms with Crippen LogP contribution in [0.5, 0.6) is 0 Å². The van der Waals surface area contributed by atoms with Crippen molar-refractivity contribution in [2.45, 2.75) is 6.92 Å². The summed E-state index contributed by atoms with van der Waals surface area (Å²) in [5.74, 6) is 0. The molecule has 0 radical (unpaired) electrons. The van der Waals surface area contributed by atoms with Crippen LogP contribution in [-0.4, -0.2) is 6.16 Å². The lowest BCUT2D eigenvalue weighted by Gasteiger charge is -1.48. The van der Waals surface area contributed by atoms with E-state index in [1.807, 2.05) is 0 Å². The highest BCUT2D eigenvalue weighted by Crippen LogP contribution is 1.68. The van der Waals surface area contributed by atoms with Gasteiger partial charge in [0, 0.05) is 0 Å². The van der Waals surface area contributed by atoms with Gasteiger partial charge in [-0.25, -0.2) is 0 Å². The van der Waals surface area contributed by atoms with Crippen LogP contribution in [0.1, 0.15) is 6.92 Å². The summed E-state index contributed by atoms with van der Waals surface area (Å²) >= 11 is 0. The number of hydrogen-bond acceptors (Lipinski definition) is 0. The molecule has 0 amide bonds. The molecule has 0 rings (SSSR count). The molecule has 0 fully saturated rings. The van der Waals surface area contributed by atoms with E-state index in [0.717, 1.165) is 0 Å². The molecule has 5 heavy (non-hydrogen) atoms. The molecule has 0 heterocycles. The molecule has 0 aromatic rings. The van der Waals surface area contributed by atoms with Crippen molar-refractivity contribution in [1.29, 1.82) is 0 Å². The Balaban J connectivity index is -0.0000000200. The van der Waals surface area contributed by atoms with Gasteiger partial charge in [-0.3, -0.25) is 0 Å². The first-order chi connectivity index (χ1) is 1.41. The van der Waals surface area contributed by atoms with Gasteiger partial charge in [0.2, 0.25) is 0 Å². The molecule has 0 aliphatic rings. The van der Waals surface area contributed by atoms with Crippen LogP contribution < -0.4 is 0 Å². The Kier molecular flexibility index (Phi) is 60.9. The van der Waals surface area contributed by atoms with E-state index in [2.05, 4.69) is 16.2 Å². The molecule has 0 aliphatic carbocycles. The fourth-order valence-corrected chi connectivity index (χ4v) is 0. The standard InChI is InChI=1S/C2H7P.BrH.H2S/c1-2-3;;/h2-3H2,1H3;1H;1H2. The largest absolute Gasteiger partial charge is 0.197 e. The van der Waals surface area contributed by atoms with Crippen molar-refractivity contribution in [3.63, 3.8) is 0 Å². The summed E-state index contributed by atoms with van der Waals surface area (Å²) in [5, 5.41) is 0. The lowest BCUT2D eigenvalue weighted by Crippen LogP contribution is -1.33. The number of hydrogen-bond donors (Lipinski definition) is 0.